The van der Waals surface area contributed by atoms with Gasteiger partial charge in [0.1, 0.15) is 5.75 Å². The number of hydrogen-bond donors (Lipinski definition) is 1. The standard InChI is InChI=1S/C8H8O/c1-2-7-3-5-8(9)6-4-7/h3-6,9H,1H3. The molecule has 0 aliphatic heterocycles. The van der Waals surface area contributed by atoms with E-state index in [-0.39, 0.29) is 0 Å². The van der Waals surface area contributed by atoms with Crippen molar-refractivity contribution >= 4 is 0 Å². The molecule has 1 rings (SSSR count). The topological polar surface area (TPSA) is 20.2 Å². The Labute approximate surface area is 55.0 Å². The highest BCUT2D eigenvalue weighted by atomic mass is 16.3. The number of hydrogen-bond acceptors (Lipinski definition) is 1. The largest absolute Gasteiger partial charge is 0.508 e. The molecule has 0 aliphatic carbocycles. The minimum absolute atomic E-state index is 0.300. The Hall–Kier alpha value is -0.980. The van der Waals surface area contributed by atoms with Gasteiger partial charge in [-0.1, -0.05) is 19.1 Å². The maximum Gasteiger partial charge on any atom is 0.115 e. The highest BCUT2D eigenvalue weighted by molar-refractivity contribution is 5.29. The zero-order valence-electron chi connectivity index (χ0n) is 5.26. The van der Waals surface area contributed by atoms with E-state index in [9.17, 15) is 0 Å². The van der Waals surface area contributed by atoms with E-state index in [2.05, 4.69) is 6.42 Å². The lowest BCUT2D eigenvalue weighted by atomic mass is 10.2. The van der Waals surface area contributed by atoms with Crippen LogP contribution in [0, 0.1) is 6.42 Å². The predicted molar refractivity (Wildman–Crippen MR) is 36.1 cm³/mol. The molecule has 0 saturated carbocycles. The zero-order chi connectivity index (χ0) is 6.69. The Bertz CT molecular complexity index is 176. The van der Waals surface area contributed by atoms with Gasteiger partial charge in [-0.2, -0.15) is 0 Å². The minimum atomic E-state index is 0.300. The number of benzene rings is 1. The second-order valence-electron chi connectivity index (χ2n) is 1.80. The van der Waals surface area contributed by atoms with Gasteiger partial charge in [0.25, 0.3) is 0 Å². The van der Waals surface area contributed by atoms with Crippen LogP contribution in [-0.4, -0.2) is 5.11 Å². The average Bonchev–Trinajstić information content (AvgIpc) is 1.90. The molecule has 1 heteroatoms. The lowest BCUT2D eigenvalue weighted by molar-refractivity contribution is 0.475. The van der Waals surface area contributed by atoms with E-state index in [4.69, 9.17) is 5.11 Å². The maximum atomic E-state index is 8.82. The Morgan fingerprint density at radius 1 is 1.22 bits per heavy atom. The molecule has 46 valence electrons. The molecule has 0 bridgehead atoms. The molecule has 0 spiro atoms. The third-order valence-electron chi connectivity index (χ3n) is 1.16. The van der Waals surface area contributed by atoms with Crippen LogP contribution in [0.3, 0.4) is 0 Å². The number of rotatable bonds is 1. The zero-order valence-corrected chi connectivity index (χ0v) is 5.26. The third-order valence-corrected chi connectivity index (χ3v) is 1.16. The van der Waals surface area contributed by atoms with Gasteiger partial charge in [0.05, 0.1) is 0 Å². The molecule has 0 unspecified atom stereocenters. The van der Waals surface area contributed by atoms with E-state index >= 15 is 0 Å². The number of phenols is 1. The summed E-state index contributed by atoms with van der Waals surface area (Å²) in [6, 6.07) is 6.92. The molecule has 0 aliphatic rings. The summed E-state index contributed by atoms with van der Waals surface area (Å²) >= 11 is 0. The Morgan fingerprint density at radius 2 is 1.78 bits per heavy atom. The van der Waals surface area contributed by atoms with Gasteiger partial charge in [-0.15, -0.1) is 0 Å². The van der Waals surface area contributed by atoms with E-state index < -0.39 is 0 Å². The molecule has 0 fully saturated rings. The Kier molecular flexibility index (Phi) is 1.73. The summed E-state index contributed by atoms with van der Waals surface area (Å²) in [4.78, 5) is 0. The van der Waals surface area contributed by atoms with Crippen LogP contribution in [0.1, 0.15) is 12.5 Å². The van der Waals surface area contributed by atoms with Gasteiger partial charge < -0.3 is 5.11 Å². The molecule has 2 radical (unpaired) electrons. The van der Waals surface area contributed by atoms with E-state index in [0.717, 1.165) is 5.56 Å². The van der Waals surface area contributed by atoms with Crippen LogP contribution in [0.5, 0.6) is 5.75 Å². The van der Waals surface area contributed by atoms with Gasteiger partial charge in [-0.25, -0.2) is 0 Å². The molecule has 1 aromatic carbocycles. The molecule has 9 heavy (non-hydrogen) atoms. The van der Waals surface area contributed by atoms with E-state index in [1.807, 2.05) is 19.1 Å². The van der Waals surface area contributed by atoms with Crippen molar-refractivity contribution in [2.75, 3.05) is 0 Å². The summed E-state index contributed by atoms with van der Waals surface area (Å²) in [5.41, 5.74) is 1.01. The lowest BCUT2D eigenvalue weighted by Gasteiger charge is -1.92. The fraction of sp³-hybridized carbons (Fsp3) is 0.125. The summed E-state index contributed by atoms with van der Waals surface area (Å²) in [5, 5.41) is 8.82. The van der Waals surface area contributed by atoms with Crippen LogP contribution >= 0.6 is 0 Å². The van der Waals surface area contributed by atoms with Crippen molar-refractivity contribution in [3.63, 3.8) is 0 Å². The van der Waals surface area contributed by atoms with Crippen LogP contribution in [0.2, 0.25) is 0 Å². The van der Waals surface area contributed by atoms with Crippen LogP contribution in [0.15, 0.2) is 24.3 Å². The van der Waals surface area contributed by atoms with Gasteiger partial charge in [0, 0.05) is 6.42 Å². The molecule has 0 saturated heterocycles. The fourth-order valence-electron chi connectivity index (χ4n) is 0.628. The Balaban J connectivity index is 2.88. The second kappa shape index (κ2) is 2.53. The van der Waals surface area contributed by atoms with E-state index in [0.29, 0.717) is 5.75 Å². The SMILES string of the molecule is C[C]c1ccc(O)cc1. The summed E-state index contributed by atoms with van der Waals surface area (Å²) in [6.07, 6.45) is 2.94. The van der Waals surface area contributed by atoms with Crippen LogP contribution < -0.4 is 0 Å². The van der Waals surface area contributed by atoms with Gasteiger partial charge in [0.15, 0.2) is 0 Å². The molecule has 0 aromatic heterocycles. The first kappa shape index (κ1) is 6.14. The summed E-state index contributed by atoms with van der Waals surface area (Å²) in [7, 11) is 0. The molecule has 1 aromatic rings. The quantitative estimate of drug-likeness (QED) is 0.599. The van der Waals surface area contributed by atoms with Gasteiger partial charge in [-0.3, -0.25) is 0 Å². The summed E-state index contributed by atoms with van der Waals surface area (Å²) in [5.74, 6) is 0.300. The number of aromatic hydroxyl groups is 1. The smallest absolute Gasteiger partial charge is 0.115 e. The molecule has 0 atom stereocenters. The van der Waals surface area contributed by atoms with Crippen molar-refractivity contribution in [2.24, 2.45) is 0 Å². The molecule has 0 heterocycles. The highest BCUT2D eigenvalue weighted by Crippen LogP contribution is 2.09. The van der Waals surface area contributed by atoms with Crippen molar-refractivity contribution in [3.05, 3.63) is 36.2 Å². The van der Waals surface area contributed by atoms with Gasteiger partial charge in [-0.05, 0) is 17.7 Å². The minimum Gasteiger partial charge on any atom is -0.508 e. The molecule has 1 N–H and O–H groups in total. The first-order valence-corrected chi connectivity index (χ1v) is 2.79. The average molecular weight is 120 g/mol. The van der Waals surface area contributed by atoms with Crippen LogP contribution in [-0.2, 0) is 0 Å². The molecular weight excluding hydrogens is 112 g/mol. The molecule has 1 nitrogen and oxygen atoms in total. The number of phenolic OH excluding ortho intramolecular Hbond substituents is 1. The van der Waals surface area contributed by atoms with Crippen LogP contribution in [0.25, 0.3) is 0 Å². The van der Waals surface area contributed by atoms with Crippen molar-refractivity contribution in [3.8, 4) is 5.75 Å². The maximum absolute atomic E-state index is 8.82. The fourth-order valence-corrected chi connectivity index (χ4v) is 0.628. The van der Waals surface area contributed by atoms with E-state index in [1.165, 1.54) is 0 Å². The molecule has 0 amide bonds. The first-order valence-electron chi connectivity index (χ1n) is 2.79. The van der Waals surface area contributed by atoms with E-state index in [1.54, 1.807) is 12.1 Å². The highest BCUT2D eigenvalue weighted by Gasteiger charge is 1.87. The van der Waals surface area contributed by atoms with Crippen molar-refractivity contribution in [2.45, 2.75) is 6.92 Å². The van der Waals surface area contributed by atoms with Gasteiger partial charge >= 0.3 is 0 Å². The first-order chi connectivity index (χ1) is 4.33. The summed E-state index contributed by atoms with van der Waals surface area (Å²) in [6.45, 7) is 1.84. The van der Waals surface area contributed by atoms with Crippen molar-refractivity contribution in [1.82, 2.24) is 0 Å². The van der Waals surface area contributed by atoms with Gasteiger partial charge in [0.2, 0.25) is 0 Å². The van der Waals surface area contributed by atoms with Crippen LogP contribution in [0.4, 0.5) is 0 Å². The summed E-state index contributed by atoms with van der Waals surface area (Å²) < 4.78 is 0. The van der Waals surface area contributed by atoms with Crippen molar-refractivity contribution in [1.29, 1.82) is 0 Å². The predicted octanol–water partition coefficient (Wildman–Crippen LogP) is 1.84. The third kappa shape index (κ3) is 1.46. The second-order valence-corrected chi connectivity index (χ2v) is 1.80. The monoisotopic (exact) mass is 120 g/mol. The Morgan fingerprint density at radius 3 is 2.22 bits per heavy atom. The lowest BCUT2D eigenvalue weighted by Crippen LogP contribution is -1.72. The normalized spacial score (nSPS) is 9.44. The van der Waals surface area contributed by atoms with Crippen molar-refractivity contribution < 1.29 is 5.11 Å². The molecular formula is C8H8O.